The van der Waals surface area contributed by atoms with Crippen molar-refractivity contribution in [3.05, 3.63) is 40.8 Å². The lowest BCUT2D eigenvalue weighted by Crippen LogP contribution is -2.21. The third-order valence-corrected chi connectivity index (χ3v) is 2.81. The van der Waals surface area contributed by atoms with Gasteiger partial charge in [0.25, 0.3) is 0 Å². The quantitative estimate of drug-likeness (QED) is 0.887. The Hall–Kier alpha value is -1.07. The highest BCUT2D eigenvalue weighted by Gasteiger charge is 2.08. The van der Waals surface area contributed by atoms with E-state index in [1.165, 1.54) is 0 Å². The molecule has 1 atom stereocenters. The summed E-state index contributed by atoms with van der Waals surface area (Å²) >= 11 is 3.29. The maximum atomic E-state index is 5.46. The number of furan rings is 1. The minimum Gasteiger partial charge on any atom is -0.453 e. The van der Waals surface area contributed by atoms with Crippen LogP contribution in [0.15, 0.2) is 33.6 Å². The number of imidazole rings is 1. The van der Waals surface area contributed by atoms with Crippen molar-refractivity contribution in [2.24, 2.45) is 0 Å². The average Bonchev–Trinajstić information content (AvgIpc) is 2.89. The van der Waals surface area contributed by atoms with Crippen LogP contribution in [0.25, 0.3) is 0 Å². The molecule has 0 aliphatic rings. The van der Waals surface area contributed by atoms with Crippen LogP contribution < -0.4 is 5.32 Å². The molecule has 2 aromatic rings. The number of H-pyrrole nitrogens is 1. The van der Waals surface area contributed by atoms with E-state index in [0.29, 0.717) is 0 Å². The standard InChI is InChI=1S/C11H14BrN3O/c1-8(9-2-3-10(12)16-9)13-5-4-11-14-6-7-15-11/h2-3,6-8,13H,4-5H2,1H3,(H,14,15). The lowest BCUT2D eigenvalue weighted by Gasteiger charge is -2.10. The number of aromatic nitrogens is 2. The van der Waals surface area contributed by atoms with E-state index < -0.39 is 0 Å². The average molecular weight is 284 g/mol. The molecular weight excluding hydrogens is 270 g/mol. The van der Waals surface area contributed by atoms with Gasteiger partial charge in [-0.3, -0.25) is 0 Å². The SMILES string of the molecule is CC(NCCc1ncc[nH]1)c1ccc(Br)o1. The molecule has 0 fully saturated rings. The zero-order valence-electron chi connectivity index (χ0n) is 9.03. The van der Waals surface area contributed by atoms with Crippen molar-refractivity contribution in [1.29, 1.82) is 0 Å². The summed E-state index contributed by atoms with van der Waals surface area (Å²) in [5.41, 5.74) is 0. The lowest BCUT2D eigenvalue weighted by molar-refractivity contribution is 0.419. The number of nitrogens with one attached hydrogen (secondary N) is 2. The maximum Gasteiger partial charge on any atom is 0.169 e. The van der Waals surface area contributed by atoms with E-state index in [2.05, 4.69) is 38.1 Å². The van der Waals surface area contributed by atoms with Gasteiger partial charge in [0.1, 0.15) is 11.6 Å². The van der Waals surface area contributed by atoms with E-state index in [1.807, 2.05) is 18.3 Å². The van der Waals surface area contributed by atoms with E-state index in [1.54, 1.807) is 6.20 Å². The number of hydrogen-bond acceptors (Lipinski definition) is 3. The first kappa shape index (κ1) is 11.4. The van der Waals surface area contributed by atoms with Gasteiger partial charge in [0.05, 0.1) is 6.04 Å². The molecule has 4 nitrogen and oxygen atoms in total. The first-order valence-corrected chi connectivity index (χ1v) is 6.02. The summed E-state index contributed by atoms with van der Waals surface area (Å²) < 4.78 is 6.23. The van der Waals surface area contributed by atoms with E-state index in [4.69, 9.17) is 4.42 Å². The van der Waals surface area contributed by atoms with Crippen LogP contribution >= 0.6 is 15.9 Å². The summed E-state index contributed by atoms with van der Waals surface area (Å²) in [5, 5.41) is 3.38. The minimum atomic E-state index is 0.210. The summed E-state index contributed by atoms with van der Waals surface area (Å²) in [6, 6.07) is 4.08. The molecule has 0 aliphatic heterocycles. The Kier molecular flexibility index (Phi) is 3.79. The van der Waals surface area contributed by atoms with Crippen molar-refractivity contribution in [3.8, 4) is 0 Å². The number of halogens is 1. The highest BCUT2D eigenvalue weighted by atomic mass is 79.9. The third kappa shape index (κ3) is 2.96. The van der Waals surface area contributed by atoms with Crippen LogP contribution in [-0.4, -0.2) is 16.5 Å². The fourth-order valence-electron chi connectivity index (χ4n) is 1.50. The van der Waals surface area contributed by atoms with Gasteiger partial charge >= 0.3 is 0 Å². The predicted octanol–water partition coefficient (Wildman–Crippen LogP) is 2.66. The Balaban J connectivity index is 1.78. The molecule has 16 heavy (non-hydrogen) atoms. The summed E-state index contributed by atoms with van der Waals surface area (Å²) in [6.07, 6.45) is 4.49. The molecule has 0 aliphatic carbocycles. The van der Waals surface area contributed by atoms with Crippen LogP contribution in [0.2, 0.25) is 0 Å². The molecule has 2 aromatic heterocycles. The highest BCUT2D eigenvalue weighted by molar-refractivity contribution is 9.10. The first-order valence-electron chi connectivity index (χ1n) is 5.22. The first-order chi connectivity index (χ1) is 7.75. The van der Waals surface area contributed by atoms with Crippen LogP contribution in [0.3, 0.4) is 0 Å². The molecular formula is C11H14BrN3O. The minimum absolute atomic E-state index is 0.210. The molecule has 2 heterocycles. The van der Waals surface area contributed by atoms with E-state index in [-0.39, 0.29) is 6.04 Å². The van der Waals surface area contributed by atoms with Gasteiger partial charge in [-0.05, 0) is 35.0 Å². The van der Waals surface area contributed by atoms with Crippen molar-refractivity contribution in [2.45, 2.75) is 19.4 Å². The molecule has 0 radical (unpaired) electrons. The molecule has 0 amide bonds. The van der Waals surface area contributed by atoms with Crippen LogP contribution in [0.1, 0.15) is 24.6 Å². The molecule has 0 saturated heterocycles. The number of nitrogens with zero attached hydrogens (tertiary/aromatic N) is 1. The summed E-state index contributed by atoms with van der Waals surface area (Å²) in [5.74, 6) is 1.94. The number of aromatic amines is 1. The number of rotatable bonds is 5. The monoisotopic (exact) mass is 283 g/mol. The fourth-order valence-corrected chi connectivity index (χ4v) is 1.82. The van der Waals surface area contributed by atoms with Crippen molar-refractivity contribution in [3.63, 3.8) is 0 Å². The van der Waals surface area contributed by atoms with Crippen LogP contribution in [0.4, 0.5) is 0 Å². The van der Waals surface area contributed by atoms with Crippen LogP contribution in [-0.2, 0) is 6.42 Å². The van der Waals surface area contributed by atoms with Gasteiger partial charge in [-0.1, -0.05) is 0 Å². The van der Waals surface area contributed by atoms with Gasteiger partial charge in [-0.15, -0.1) is 0 Å². The molecule has 86 valence electrons. The second kappa shape index (κ2) is 5.32. The third-order valence-electron chi connectivity index (χ3n) is 2.39. The normalized spacial score (nSPS) is 12.9. The van der Waals surface area contributed by atoms with E-state index in [9.17, 15) is 0 Å². The van der Waals surface area contributed by atoms with E-state index >= 15 is 0 Å². The molecule has 0 aromatic carbocycles. The number of hydrogen-bond donors (Lipinski definition) is 2. The second-order valence-electron chi connectivity index (χ2n) is 3.60. The Bertz CT molecular complexity index is 424. The van der Waals surface area contributed by atoms with E-state index in [0.717, 1.165) is 29.2 Å². The Morgan fingerprint density at radius 1 is 1.56 bits per heavy atom. The Morgan fingerprint density at radius 2 is 2.44 bits per heavy atom. The maximum absolute atomic E-state index is 5.46. The Labute approximate surface area is 103 Å². The van der Waals surface area contributed by atoms with Crippen molar-refractivity contribution >= 4 is 15.9 Å². The van der Waals surface area contributed by atoms with Crippen molar-refractivity contribution in [1.82, 2.24) is 15.3 Å². The Morgan fingerprint density at radius 3 is 3.06 bits per heavy atom. The molecule has 2 N–H and O–H groups in total. The molecule has 0 bridgehead atoms. The van der Waals surface area contributed by atoms with Gasteiger partial charge in [-0.25, -0.2) is 4.98 Å². The summed E-state index contributed by atoms with van der Waals surface area (Å²) in [7, 11) is 0. The largest absolute Gasteiger partial charge is 0.453 e. The molecule has 5 heteroatoms. The van der Waals surface area contributed by atoms with Gasteiger partial charge in [0.2, 0.25) is 0 Å². The molecule has 0 saturated carbocycles. The molecule has 1 unspecified atom stereocenters. The van der Waals surface area contributed by atoms with Gasteiger partial charge in [-0.2, -0.15) is 0 Å². The zero-order chi connectivity index (χ0) is 11.4. The summed E-state index contributed by atoms with van der Waals surface area (Å²) in [4.78, 5) is 7.24. The summed E-state index contributed by atoms with van der Waals surface area (Å²) in [6.45, 7) is 2.94. The molecule has 2 rings (SSSR count). The van der Waals surface area contributed by atoms with Gasteiger partial charge < -0.3 is 14.7 Å². The molecule has 0 spiro atoms. The smallest absolute Gasteiger partial charge is 0.169 e. The van der Waals surface area contributed by atoms with Gasteiger partial charge in [0, 0.05) is 25.4 Å². The van der Waals surface area contributed by atoms with Gasteiger partial charge in [0.15, 0.2) is 4.67 Å². The van der Waals surface area contributed by atoms with Crippen LogP contribution in [0.5, 0.6) is 0 Å². The lowest BCUT2D eigenvalue weighted by atomic mass is 10.2. The van der Waals surface area contributed by atoms with Crippen LogP contribution in [0, 0.1) is 0 Å². The highest BCUT2D eigenvalue weighted by Crippen LogP contribution is 2.19. The topological polar surface area (TPSA) is 53.9 Å². The van der Waals surface area contributed by atoms with Crippen molar-refractivity contribution < 1.29 is 4.42 Å². The van der Waals surface area contributed by atoms with Crippen molar-refractivity contribution in [2.75, 3.05) is 6.54 Å². The second-order valence-corrected chi connectivity index (χ2v) is 4.39. The fraction of sp³-hybridized carbons (Fsp3) is 0.364. The predicted molar refractivity (Wildman–Crippen MR) is 65.1 cm³/mol. The zero-order valence-corrected chi connectivity index (χ0v) is 10.6.